The minimum absolute atomic E-state index is 0.270. The molecule has 1 fully saturated rings. The van der Waals surface area contributed by atoms with Crippen molar-refractivity contribution in [2.24, 2.45) is 11.8 Å². The van der Waals surface area contributed by atoms with Crippen LogP contribution in [0.15, 0.2) is 12.4 Å². The summed E-state index contributed by atoms with van der Waals surface area (Å²) in [7, 11) is -2.82. The van der Waals surface area contributed by atoms with E-state index in [1.807, 2.05) is 10.9 Å². The van der Waals surface area contributed by atoms with Gasteiger partial charge in [0.15, 0.2) is 9.84 Å². The van der Waals surface area contributed by atoms with Gasteiger partial charge in [0.1, 0.15) is 0 Å². The lowest BCUT2D eigenvalue weighted by Crippen LogP contribution is -2.34. The second-order valence-electron chi connectivity index (χ2n) is 6.39. The fourth-order valence-electron chi connectivity index (χ4n) is 2.98. The number of hydrogen-bond donors (Lipinski definition) is 1. The van der Waals surface area contributed by atoms with Crippen molar-refractivity contribution < 1.29 is 8.42 Å². The summed E-state index contributed by atoms with van der Waals surface area (Å²) in [5.41, 5.74) is 1.21. The van der Waals surface area contributed by atoms with Gasteiger partial charge >= 0.3 is 0 Å². The van der Waals surface area contributed by atoms with E-state index in [1.54, 1.807) is 0 Å². The molecule has 0 saturated carbocycles. The molecule has 0 amide bonds. The monoisotopic (exact) mass is 313 g/mol. The Labute approximate surface area is 128 Å². The molecule has 0 aliphatic carbocycles. The number of hydrogen-bond acceptors (Lipinski definition) is 4. The van der Waals surface area contributed by atoms with Gasteiger partial charge in [-0.3, -0.25) is 4.68 Å². The average molecular weight is 313 g/mol. The van der Waals surface area contributed by atoms with Crippen LogP contribution in [0.3, 0.4) is 0 Å². The van der Waals surface area contributed by atoms with Gasteiger partial charge in [0.25, 0.3) is 0 Å². The molecule has 2 rings (SSSR count). The second kappa shape index (κ2) is 6.92. The van der Waals surface area contributed by atoms with Gasteiger partial charge in [-0.1, -0.05) is 13.8 Å². The first-order chi connectivity index (χ1) is 9.89. The Morgan fingerprint density at radius 3 is 2.76 bits per heavy atom. The number of aryl methyl sites for hydroxylation is 1. The third kappa shape index (κ3) is 4.81. The zero-order chi connectivity index (χ0) is 15.5. The maximum atomic E-state index is 11.7. The molecular formula is C15H27N3O2S. The lowest BCUT2D eigenvalue weighted by molar-refractivity contribution is 0.333. The van der Waals surface area contributed by atoms with E-state index in [0.717, 1.165) is 25.9 Å². The predicted octanol–water partition coefficient (Wildman–Crippen LogP) is 1.49. The molecule has 0 bridgehead atoms. The van der Waals surface area contributed by atoms with E-state index in [9.17, 15) is 8.42 Å². The summed E-state index contributed by atoms with van der Waals surface area (Å²) in [6, 6.07) is 0.420. The van der Waals surface area contributed by atoms with Gasteiger partial charge in [-0.05, 0) is 43.7 Å². The van der Waals surface area contributed by atoms with Crippen molar-refractivity contribution >= 4 is 9.84 Å². The SMILES string of the molecule is CCn1cc(CC(CNC(C)C)C2CCS(=O)(=O)C2)cn1. The van der Waals surface area contributed by atoms with Crippen molar-refractivity contribution in [3.63, 3.8) is 0 Å². The molecule has 2 atom stereocenters. The molecule has 120 valence electrons. The number of nitrogens with one attached hydrogen (secondary N) is 1. The summed E-state index contributed by atoms with van der Waals surface area (Å²) >= 11 is 0. The van der Waals surface area contributed by atoms with Crippen LogP contribution < -0.4 is 5.32 Å². The molecule has 1 aliphatic rings. The Bertz CT molecular complexity index is 551. The van der Waals surface area contributed by atoms with Gasteiger partial charge < -0.3 is 5.32 Å². The van der Waals surface area contributed by atoms with Gasteiger partial charge in [0.2, 0.25) is 0 Å². The highest BCUT2D eigenvalue weighted by atomic mass is 32.2. The third-order valence-corrected chi connectivity index (χ3v) is 6.02. The van der Waals surface area contributed by atoms with Crippen LogP contribution in [0.4, 0.5) is 0 Å². The van der Waals surface area contributed by atoms with E-state index in [2.05, 4.69) is 37.4 Å². The van der Waals surface area contributed by atoms with E-state index in [1.165, 1.54) is 5.56 Å². The normalized spacial score (nSPS) is 22.8. The van der Waals surface area contributed by atoms with Crippen molar-refractivity contribution in [1.29, 1.82) is 0 Å². The first kappa shape index (κ1) is 16.5. The highest BCUT2D eigenvalue weighted by Crippen LogP contribution is 2.28. The van der Waals surface area contributed by atoms with Crippen LogP contribution in [0.2, 0.25) is 0 Å². The summed E-state index contributed by atoms with van der Waals surface area (Å²) in [6.45, 7) is 8.05. The molecule has 2 unspecified atom stereocenters. The van der Waals surface area contributed by atoms with Crippen molar-refractivity contribution in [3.8, 4) is 0 Å². The summed E-state index contributed by atoms with van der Waals surface area (Å²) < 4.78 is 25.4. The predicted molar refractivity (Wildman–Crippen MR) is 85.0 cm³/mol. The van der Waals surface area contributed by atoms with Gasteiger partial charge in [-0.15, -0.1) is 0 Å². The quantitative estimate of drug-likeness (QED) is 0.828. The molecule has 5 nitrogen and oxygen atoms in total. The van der Waals surface area contributed by atoms with Gasteiger partial charge in [0, 0.05) is 18.8 Å². The first-order valence-electron chi connectivity index (χ1n) is 7.84. The molecule has 1 aliphatic heterocycles. The highest BCUT2D eigenvalue weighted by molar-refractivity contribution is 7.91. The van der Waals surface area contributed by atoms with Crippen LogP contribution >= 0.6 is 0 Å². The molecule has 1 N–H and O–H groups in total. The minimum atomic E-state index is -2.82. The lowest BCUT2D eigenvalue weighted by atomic mass is 9.87. The molecule has 1 aromatic rings. The maximum absolute atomic E-state index is 11.7. The van der Waals surface area contributed by atoms with Gasteiger partial charge in [0.05, 0.1) is 17.7 Å². The van der Waals surface area contributed by atoms with E-state index >= 15 is 0 Å². The first-order valence-corrected chi connectivity index (χ1v) is 9.67. The fourth-order valence-corrected chi connectivity index (χ4v) is 4.90. The highest BCUT2D eigenvalue weighted by Gasteiger charge is 2.33. The maximum Gasteiger partial charge on any atom is 0.150 e. The molecule has 1 aromatic heterocycles. The van der Waals surface area contributed by atoms with E-state index in [-0.39, 0.29) is 5.92 Å². The van der Waals surface area contributed by atoms with Crippen LogP contribution in [0.25, 0.3) is 0 Å². The van der Waals surface area contributed by atoms with E-state index in [4.69, 9.17) is 0 Å². The van der Waals surface area contributed by atoms with Crippen molar-refractivity contribution in [3.05, 3.63) is 18.0 Å². The Morgan fingerprint density at radius 2 is 2.24 bits per heavy atom. The summed E-state index contributed by atoms with van der Waals surface area (Å²) in [4.78, 5) is 0. The van der Waals surface area contributed by atoms with Crippen LogP contribution in [0.1, 0.15) is 32.8 Å². The van der Waals surface area contributed by atoms with E-state index in [0.29, 0.717) is 23.5 Å². The number of sulfone groups is 1. The van der Waals surface area contributed by atoms with Gasteiger partial charge in [-0.2, -0.15) is 5.10 Å². The number of nitrogens with zero attached hydrogens (tertiary/aromatic N) is 2. The zero-order valence-electron chi connectivity index (χ0n) is 13.2. The molecule has 2 heterocycles. The number of aromatic nitrogens is 2. The molecule has 6 heteroatoms. The minimum Gasteiger partial charge on any atom is -0.314 e. The van der Waals surface area contributed by atoms with Crippen LogP contribution in [-0.2, 0) is 22.8 Å². The smallest absolute Gasteiger partial charge is 0.150 e. The number of rotatable bonds is 7. The standard InChI is InChI=1S/C15H27N3O2S/c1-4-18-10-13(8-17-18)7-15(9-16-12(2)3)14-5-6-21(19,20)11-14/h8,10,12,14-16H,4-7,9,11H2,1-3H3. The molecular weight excluding hydrogens is 286 g/mol. The topological polar surface area (TPSA) is 64.0 Å². The van der Waals surface area contributed by atoms with Crippen LogP contribution in [0, 0.1) is 11.8 Å². The van der Waals surface area contributed by atoms with Crippen molar-refractivity contribution in [1.82, 2.24) is 15.1 Å². The van der Waals surface area contributed by atoms with Gasteiger partial charge in [-0.25, -0.2) is 8.42 Å². The van der Waals surface area contributed by atoms with Crippen LogP contribution in [0.5, 0.6) is 0 Å². The lowest BCUT2D eigenvalue weighted by Gasteiger charge is -2.23. The zero-order valence-corrected chi connectivity index (χ0v) is 14.1. The van der Waals surface area contributed by atoms with Crippen molar-refractivity contribution in [2.75, 3.05) is 18.1 Å². The summed E-state index contributed by atoms with van der Waals surface area (Å²) in [5.74, 6) is 1.33. The Hall–Kier alpha value is -0.880. The average Bonchev–Trinajstić information content (AvgIpc) is 3.00. The molecule has 0 radical (unpaired) electrons. The summed E-state index contributed by atoms with van der Waals surface area (Å²) in [5, 5.41) is 7.79. The Balaban J connectivity index is 2.04. The van der Waals surface area contributed by atoms with Crippen LogP contribution in [-0.4, -0.2) is 42.3 Å². The molecule has 21 heavy (non-hydrogen) atoms. The Morgan fingerprint density at radius 1 is 1.48 bits per heavy atom. The van der Waals surface area contributed by atoms with Crippen molar-refractivity contribution in [2.45, 2.75) is 46.2 Å². The van der Waals surface area contributed by atoms with E-state index < -0.39 is 9.84 Å². The fraction of sp³-hybridized carbons (Fsp3) is 0.800. The molecule has 1 saturated heterocycles. The second-order valence-corrected chi connectivity index (χ2v) is 8.62. The third-order valence-electron chi connectivity index (χ3n) is 4.23. The molecule has 0 aromatic carbocycles. The largest absolute Gasteiger partial charge is 0.314 e. The Kier molecular flexibility index (Phi) is 5.43. The summed E-state index contributed by atoms with van der Waals surface area (Å²) in [6.07, 6.45) is 5.69. The molecule has 0 spiro atoms.